The highest BCUT2D eigenvalue weighted by atomic mass is 32.1. The van der Waals surface area contributed by atoms with Gasteiger partial charge in [-0.2, -0.15) is 0 Å². The quantitative estimate of drug-likeness (QED) is 0.941. The van der Waals surface area contributed by atoms with Gasteiger partial charge < -0.3 is 10.2 Å². The average Bonchev–Trinajstić information content (AvgIpc) is 2.97. The minimum Gasteiger partial charge on any atom is -0.333 e. The lowest BCUT2D eigenvalue weighted by atomic mass is 10.0. The highest BCUT2D eigenvalue weighted by molar-refractivity contribution is 7.17. The third-order valence-corrected chi connectivity index (χ3v) is 5.40. The van der Waals surface area contributed by atoms with Crippen molar-refractivity contribution in [1.29, 1.82) is 0 Å². The third-order valence-electron chi connectivity index (χ3n) is 4.44. The largest absolute Gasteiger partial charge is 0.333 e. The molecule has 2 unspecified atom stereocenters. The third kappa shape index (κ3) is 2.70. The lowest BCUT2D eigenvalue weighted by Gasteiger charge is -2.40. The molecule has 112 valence electrons. The molecule has 2 atom stereocenters. The highest BCUT2D eigenvalue weighted by Crippen LogP contribution is 2.28. The van der Waals surface area contributed by atoms with Gasteiger partial charge in [-0.3, -0.25) is 4.79 Å². The van der Waals surface area contributed by atoms with Crippen molar-refractivity contribution in [3.63, 3.8) is 0 Å². The summed E-state index contributed by atoms with van der Waals surface area (Å²) in [5.74, 6) is 0.194. The van der Waals surface area contributed by atoms with Crippen molar-refractivity contribution in [2.24, 2.45) is 0 Å². The molecule has 0 bridgehead atoms. The Labute approximate surface area is 130 Å². The van der Waals surface area contributed by atoms with Gasteiger partial charge in [0.05, 0.1) is 5.56 Å². The van der Waals surface area contributed by atoms with Gasteiger partial charge in [-0.15, -0.1) is 11.3 Å². The van der Waals surface area contributed by atoms with Crippen LogP contribution in [0.1, 0.15) is 37.0 Å². The minimum absolute atomic E-state index is 0.194. The summed E-state index contributed by atoms with van der Waals surface area (Å²) >= 11 is 1.66. The van der Waals surface area contributed by atoms with Gasteiger partial charge in [-0.1, -0.05) is 32.0 Å². The van der Waals surface area contributed by atoms with E-state index in [1.165, 1.54) is 4.70 Å². The summed E-state index contributed by atoms with van der Waals surface area (Å²) in [6.07, 6.45) is 2.06. The maximum Gasteiger partial charge on any atom is 0.255 e. The number of rotatable bonds is 3. The molecule has 4 heteroatoms. The second-order valence-corrected chi connectivity index (χ2v) is 6.59. The minimum atomic E-state index is 0.194. The summed E-state index contributed by atoms with van der Waals surface area (Å²) in [4.78, 5) is 15.1. The van der Waals surface area contributed by atoms with Crippen molar-refractivity contribution in [3.05, 3.63) is 35.2 Å². The van der Waals surface area contributed by atoms with E-state index in [2.05, 4.69) is 36.2 Å². The topological polar surface area (TPSA) is 32.3 Å². The molecule has 3 rings (SSSR count). The SMILES string of the molecule is CCC1CN(C(=O)c2csc3ccccc23)C(CC)CN1. The first kappa shape index (κ1) is 14.5. The fourth-order valence-electron chi connectivity index (χ4n) is 3.05. The van der Waals surface area contributed by atoms with E-state index in [1.54, 1.807) is 11.3 Å². The van der Waals surface area contributed by atoms with E-state index in [-0.39, 0.29) is 5.91 Å². The van der Waals surface area contributed by atoms with Crippen molar-refractivity contribution in [2.75, 3.05) is 13.1 Å². The van der Waals surface area contributed by atoms with Crippen molar-refractivity contribution in [3.8, 4) is 0 Å². The van der Waals surface area contributed by atoms with Crippen molar-refractivity contribution in [1.82, 2.24) is 10.2 Å². The zero-order chi connectivity index (χ0) is 14.8. The molecule has 1 aromatic carbocycles. The zero-order valence-corrected chi connectivity index (χ0v) is 13.5. The number of carbonyl (C=O) groups is 1. The van der Waals surface area contributed by atoms with Gasteiger partial charge in [0, 0.05) is 40.6 Å². The predicted molar refractivity (Wildman–Crippen MR) is 89.0 cm³/mol. The molecule has 21 heavy (non-hydrogen) atoms. The Hall–Kier alpha value is -1.39. The van der Waals surface area contributed by atoms with Crippen LogP contribution in [-0.2, 0) is 0 Å². The number of nitrogens with zero attached hydrogens (tertiary/aromatic N) is 1. The smallest absolute Gasteiger partial charge is 0.255 e. The summed E-state index contributed by atoms with van der Waals surface area (Å²) in [5, 5.41) is 6.65. The summed E-state index contributed by atoms with van der Waals surface area (Å²) in [7, 11) is 0. The molecule has 1 N–H and O–H groups in total. The molecule has 0 saturated carbocycles. The van der Waals surface area contributed by atoms with Crippen LogP contribution in [0.3, 0.4) is 0 Å². The maximum atomic E-state index is 13.0. The van der Waals surface area contributed by atoms with Gasteiger partial charge in [0.2, 0.25) is 0 Å². The Balaban J connectivity index is 1.92. The summed E-state index contributed by atoms with van der Waals surface area (Å²) in [5.41, 5.74) is 0.866. The van der Waals surface area contributed by atoms with E-state index in [0.29, 0.717) is 12.1 Å². The van der Waals surface area contributed by atoms with Crippen molar-refractivity contribution >= 4 is 27.3 Å². The molecular weight excluding hydrogens is 280 g/mol. The number of piperazine rings is 1. The Kier molecular flexibility index (Phi) is 4.27. The number of fused-ring (bicyclic) bond motifs is 1. The monoisotopic (exact) mass is 302 g/mol. The molecule has 2 aromatic rings. The molecule has 0 spiro atoms. The fraction of sp³-hybridized carbons (Fsp3) is 0.471. The average molecular weight is 302 g/mol. The number of amides is 1. The number of hydrogen-bond acceptors (Lipinski definition) is 3. The first-order valence-electron chi connectivity index (χ1n) is 7.75. The van der Waals surface area contributed by atoms with Gasteiger partial charge in [0.15, 0.2) is 0 Å². The standard InChI is InChI=1S/C17H22N2OS/c1-3-12-10-19(13(4-2)9-18-12)17(20)15-11-21-16-8-6-5-7-14(15)16/h5-8,11-13,18H,3-4,9-10H2,1-2H3. The lowest BCUT2D eigenvalue weighted by Crippen LogP contribution is -2.57. The Morgan fingerprint density at radius 3 is 2.90 bits per heavy atom. The van der Waals surface area contributed by atoms with Crippen LogP contribution < -0.4 is 5.32 Å². The number of thiophene rings is 1. The van der Waals surface area contributed by atoms with Crippen molar-refractivity contribution in [2.45, 2.75) is 38.8 Å². The zero-order valence-electron chi connectivity index (χ0n) is 12.6. The van der Waals surface area contributed by atoms with E-state index in [1.807, 2.05) is 17.5 Å². The maximum absolute atomic E-state index is 13.0. The van der Waals surface area contributed by atoms with Crippen LogP contribution >= 0.6 is 11.3 Å². The van der Waals surface area contributed by atoms with E-state index in [9.17, 15) is 4.79 Å². The van der Waals surface area contributed by atoms with Gasteiger partial charge in [-0.05, 0) is 18.9 Å². The number of carbonyl (C=O) groups excluding carboxylic acids is 1. The van der Waals surface area contributed by atoms with Crippen LogP contribution in [0.2, 0.25) is 0 Å². The van der Waals surface area contributed by atoms with Gasteiger partial charge in [0.1, 0.15) is 0 Å². The summed E-state index contributed by atoms with van der Waals surface area (Å²) < 4.78 is 1.19. The second-order valence-electron chi connectivity index (χ2n) is 5.68. The lowest BCUT2D eigenvalue weighted by molar-refractivity contribution is 0.0578. The first-order chi connectivity index (χ1) is 10.2. The Morgan fingerprint density at radius 2 is 2.14 bits per heavy atom. The Bertz CT molecular complexity index is 637. The van der Waals surface area contributed by atoms with E-state index >= 15 is 0 Å². The van der Waals surface area contributed by atoms with Crippen LogP contribution in [0.15, 0.2) is 29.6 Å². The normalized spacial score (nSPS) is 22.7. The van der Waals surface area contributed by atoms with Crippen LogP contribution in [-0.4, -0.2) is 36.0 Å². The molecule has 0 radical (unpaired) electrons. The van der Waals surface area contributed by atoms with Crippen LogP contribution in [0, 0.1) is 0 Å². The van der Waals surface area contributed by atoms with E-state index in [4.69, 9.17) is 0 Å². The molecule has 0 aliphatic carbocycles. The first-order valence-corrected chi connectivity index (χ1v) is 8.63. The van der Waals surface area contributed by atoms with E-state index < -0.39 is 0 Å². The van der Waals surface area contributed by atoms with E-state index in [0.717, 1.165) is 36.9 Å². The molecule has 3 nitrogen and oxygen atoms in total. The van der Waals surface area contributed by atoms with Gasteiger partial charge >= 0.3 is 0 Å². The van der Waals surface area contributed by atoms with Crippen LogP contribution in [0.4, 0.5) is 0 Å². The molecule has 1 aromatic heterocycles. The van der Waals surface area contributed by atoms with Crippen LogP contribution in [0.5, 0.6) is 0 Å². The molecule has 1 aliphatic heterocycles. The van der Waals surface area contributed by atoms with Crippen molar-refractivity contribution < 1.29 is 4.79 Å². The molecule has 2 heterocycles. The fourth-order valence-corrected chi connectivity index (χ4v) is 3.98. The van der Waals surface area contributed by atoms with Crippen LogP contribution in [0.25, 0.3) is 10.1 Å². The molecule has 1 amide bonds. The molecule has 1 aliphatic rings. The Morgan fingerprint density at radius 1 is 1.33 bits per heavy atom. The number of nitrogens with one attached hydrogen (secondary N) is 1. The van der Waals surface area contributed by atoms with Gasteiger partial charge in [-0.25, -0.2) is 0 Å². The molecular formula is C17H22N2OS. The molecule has 1 saturated heterocycles. The number of benzene rings is 1. The second kappa shape index (κ2) is 6.16. The number of hydrogen-bond donors (Lipinski definition) is 1. The summed E-state index contributed by atoms with van der Waals surface area (Å²) in [6.45, 7) is 6.05. The predicted octanol–water partition coefficient (Wildman–Crippen LogP) is 3.50. The molecule has 1 fully saturated rings. The summed E-state index contributed by atoms with van der Waals surface area (Å²) in [6, 6.07) is 8.90. The van der Waals surface area contributed by atoms with Gasteiger partial charge in [0.25, 0.3) is 5.91 Å². The highest BCUT2D eigenvalue weighted by Gasteiger charge is 2.31.